The van der Waals surface area contributed by atoms with Gasteiger partial charge in [-0.2, -0.15) is 0 Å². The topological polar surface area (TPSA) is 102 Å². The van der Waals surface area contributed by atoms with Gasteiger partial charge in [0.25, 0.3) is 5.56 Å². The molecule has 0 spiro atoms. The number of hydrogen-bond acceptors (Lipinski definition) is 4. The van der Waals surface area contributed by atoms with Crippen molar-refractivity contribution in [1.29, 1.82) is 0 Å². The van der Waals surface area contributed by atoms with Crippen molar-refractivity contribution < 1.29 is 4.79 Å². The molecule has 2 heterocycles. The van der Waals surface area contributed by atoms with Gasteiger partial charge in [-0.15, -0.1) is 0 Å². The predicted molar refractivity (Wildman–Crippen MR) is 102 cm³/mol. The van der Waals surface area contributed by atoms with Gasteiger partial charge in [-0.1, -0.05) is 24.3 Å². The zero-order valence-corrected chi connectivity index (χ0v) is 14.4. The highest BCUT2D eigenvalue weighted by Gasteiger charge is 2.11. The SMILES string of the molecule is O=C(Cn1c(=O)[nH]c2ccccc2c1=O)NCCn1cnc2ccccc21. The molecule has 0 bridgehead atoms. The minimum atomic E-state index is -0.602. The van der Waals surface area contributed by atoms with Crippen molar-refractivity contribution in [1.82, 2.24) is 24.4 Å². The van der Waals surface area contributed by atoms with E-state index in [4.69, 9.17) is 0 Å². The van der Waals surface area contributed by atoms with Gasteiger partial charge in [0.15, 0.2) is 0 Å². The number of benzene rings is 2. The molecule has 27 heavy (non-hydrogen) atoms. The first-order valence-electron chi connectivity index (χ1n) is 8.52. The van der Waals surface area contributed by atoms with Gasteiger partial charge in [0.1, 0.15) is 6.54 Å². The fraction of sp³-hybridized carbons (Fsp3) is 0.158. The third-order valence-electron chi connectivity index (χ3n) is 4.39. The van der Waals surface area contributed by atoms with Crippen LogP contribution in [0.5, 0.6) is 0 Å². The number of hydrogen-bond donors (Lipinski definition) is 2. The van der Waals surface area contributed by atoms with Crippen LogP contribution in [0.15, 0.2) is 64.4 Å². The number of nitrogens with zero attached hydrogens (tertiary/aromatic N) is 3. The molecule has 0 unspecified atom stereocenters. The largest absolute Gasteiger partial charge is 0.353 e. The second-order valence-electron chi connectivity index (χ2n) is 6.14. The Balaban J connectivity index is 1.45. The van der Waals surface area contributed by atoms with Crippen LogP contribution >= 0.6 is 0 Å². The smallest absolute Gasteiger partial charge is 0.329 e. The maximum absolute atomic E-state index is 12.4. The van der Waals surface area contributed by atoms with Crippen molar-refractivity contribution >= 4 is 27.8 Å². The molecular weight excluding hydrogens is 346 g/mol. The van der Waals surface area contributed by atoms with E-state index in [2.05, 4.69) is 15.3 Å². The van der Waals surface area contributed by atoms with Gasteiger partial charge < -0.3 is 14.9 Å². The van der Waals surface area contributed by atoms with Crippen LogP contribution in [0.2, 0.25) is 0 Å². The Morgan fingerprint density at radius 2 is 1.85 bits per heavy atom. The lowest BCUT2D eigenvalue weighted by Crippen LogP contribution is -2.41. The summed E-state index contributed by atoms with van der Waals surface area (Å²) in [6.07, 6.45) is 1.72. The van der Waals surface area contributed by atoms with Crippen LogP contribution in [0.3, 0.4) is 0 Å². The van der Waals surface area contributed by atoms with Crippen LogP contribution in [0, 0.1) is 0 Å². The van der Waals surface area contributed by atoms with E-state index in [1.807, 2.05) is 28.8 Å². The Hall–Kier alpha value is -3.68. The summed E-state index contributed by atoms with van der Waals surface area (Å²) < 4.78 is 2.84. The summed E-state index contributed by atoms with van der Waals surface area (Å²) in [4.78, 5) is 43.7. The van der Waals surface area contributed by atoms with Crippen molar-refractivity contribution in [2.75, 3.05) is 6.54 Å². The monoisotopic (exact) mass is 363 g/mol. The standard InChI is InChI=1S/C19H17N5O3/c25-17(20-9-10-23-12-21-15-7-3-4-8-16(15)23)11-24-18(26)13-5-1-2-6-14(13)22-19(24)27/h1-8,12H,9-11H2,(H,20,25)(H,22,27). The van der Waals surface area contributed by atoms with Crippen LogP contribution in [0.4, 0.5) is 0 Å². The minimum Gasteiger partial charge on any atom is -0.353 e. The van der Waals surface area contributed by atoms with E-state index < -0.39 is 17.2 Å². The predicted octanol–water partition coefficient (Wildman–Crippen LogP) is 0.856. The molecule has 4 aromatic rings. The van der Waals surface area contributed by atoms with Crippen LogP contribution in [-0.4, -0.2) is 31.6 Å². The van der Waals surface area contributed by atoms with E-state index in [1.54, 1.807) is 30.6 Å². The number of amides is 1. The van der Waals surface area contributed by atoms with Crippen molar-refractivity contribution in [2.45, 2.75) is 13.1 Å². The summed E-state index contributed by atoms with van der Waals surface area (Å²) >= 11 is 0. The molecule has 4 rings (SSSR count). The lowest BCUT2D eigenvalue weighted by atomic mass is 10.2. The summed E-state index contributed by atoms with van der Waals surface area (Å²) in [5.74, 6) is -0.401. The zero-order chi connectivity index (χ0) is 18.8. The molecule has 2 aromatic carbocycles. The van der Waals surface area contributed by atoms with Crippen LogP contribution in [-0.2, 0) is 17.9 Å². The molecule has 8 heteroatoms. The third kappa shape index (κ3) is 3.24. The Labute approximate surface area is 153 Å². The molecule has 1 amide bonds. The molecule has 0 saturated carbocycles. The van der Waals surface area contributed by atoms with Gasteiger partial charge in [-0.05, 0) is 24.3 Å². The van der Waals surface area contributed by atoms with Crippen LogP contribution in [0.1, 0.15) is 0 Å². The molecular formula is C19H17N5O3. The lowest BCUT2D eigenvalue weighted by molar-refractivity contribution is -0.121. The molecule has 2 N–H and O–H groups in total. The van der Waals surface area contributed by atoms with Crippen LogP contribution in [0.25, 0.3) is 21.9 Å². The van der Waals surface area contributed by atoms with E-state index in [1.165, 1.54) is 0 Å². The maximum atomic E-state index is 12.4. The van der Waals surface area contributed by atoms with Crippen molar-refractivity contribution in [3.05, 3.63) is 75.7 Å². The average molecular weight is 363 g/mol. The Kier molecular flexibility index (Phi) is 4.29. The third-order valence-corrected chi connectivity index (χ3v) is 4.39. The van der Waals surface area contributed by atoms with Gasteiger partial charge in [-0.25, -0.2) is 9.78 Å². The molecule has 2 aromatic heterocycles. The van der Waals surface area contributed by atoms with E-state index in [0.717, 1.165) is 15.6 Å². The second kappa shape index (κ2) is 6.91. The molecule has 8 nitrogen and oxygen atoms in total. The highest BCUT2D eigenvalue weighted by Crippen LogP contribution is 2.11. The van der Waals surface area contributed by atoms with E-state index in [-0.39, 0.29) is 6.54 Å². The lowest BCUT2D eigenvalue weighted by Gasteiger charge is -2.09. The molecule has 0 radical (unpaired) electrons. The van der Waals surface area contributed by atoms with Crippen molar-refractivity contribution in [3.63, 3.8) is 0 Å². The number of fused-ring (bicyclic) bond motifs is 2. The number of rotatable bonds is 5. The molecule has 0 saturated heterocycles. The molecule has 0 aliphatic heterocycles. The van der Waals surface area contributed by atoms with Gasteiger partial charge in [0.2, 0.25) is 5.91 Å². The maximum Gasteiger partial charge on any atom is 0.329 e. The highest BCUT2D eigenvalue weighted by atomic mass is 16.2. The summed E-state index contributed by atoms with van der Waals surface area (Å²) in [5, 5.41) is 3.11. The molecule has 0 aliphatic rings. The first kappa shape index (κ1) is 16.8. The minimum absolute atomic E-state index is 0.330. The first-order valence-corrected chi connectivity index (χ1v) is 8.52. The zero-order valence-electron chi connectivity index (χ0n) is 14.4. The van der Waals surface area contributed by atoms with E-state index >= 15 is 0 Å². The van der Waals surface area contributed by atoms with E-state index in [0.29, 0.717) is 24.0 Å². The highest BCUT2D eigenvalue weighted by molar-refractivity contribution is 5.79. The summed E-state index contributed by atoms with van der Waals surface area (Å²) in [6.45, 7) is 0.568. The number of carbonyl (C=O) groups is 1. The van der Waals surface area contributed by atoms with Crippen molar-refractivity contribution in [3.8, 4) is 0 Å². The number of aromatic nitrogens is 4. The summed E-state index contributed by atoms with van der Waals surface area (Å²) in [5.41, 5.74) is 1.24. The average Bonchev–Trinajstić information content (AvgIpc) is 3.08. The Bertz CT molecular complexity index is 1250. The van der Waals surface area contributed by atoms with E-state index in [9.17, 15) is 14.4 Å². The number of para-hydroxylation sites is 3. The van der Waals surface area contributed by atoms with Gasteiger partial charge in [0.05, 0.1) is 28.3 Å². The van der Waals surface area contributed by atoms with Gasteiger partial charge in [0, 0.05) is 13.1 Å². The number of nitrogens with one attached hydrogen (secondary N) is 2. The number of carbonyl (C=O) groups excluding carboxylic acids is 1. The van der Waals surface area contributed by atoms with Crippen LogP contribution < -0.4 is 16.6 Å². The van der Waals surface area contributed by atoms with Crippen molar-refractivity contribution in [2.24, 2.45) is 0 Å². The molecule has 0 fully saturated rings. The fourth-order valence-corrected chi connectivity index (χ4v) is 3.05. The summed E-state index contributed by atoms with van der Waals surface area (Å²) in [7, 11) is 0. The Morgan fingerprint density at radius 3 is 2.74 bits per heavy atom. The summed E-state index contributed by atoms with van der Waals surface area (Å²) in [6, 6.07) is 14.4. The second-order valence-corrected chi connectivity index (χ2v) is 6.14. The fourth-order valence-electron chi connectivity index (χ4n) is 3.05. The van der Waals surface area contributed by atoms with Gasteiger partial charge in [-0.3, -0.25) is 14.2 Å². The number of H-pyrrole nitrogens is 1. The first-order chi connectivity index (χ1) is 13.1. The molecule has 0 aliphatic carbocycles. The number of aromatic amines is 1. The number of imidazole rings is 1. The normalized spacial score (nSPS) is 11.1. The Morgan fingerprint density at radius 1 is 1.07 bits per heavy atom. The molecule has 136 valence electrons. The van der Waals surface area contributed by atoms with Gasteiger partial charge >= 0.3 is 5.69 Å². The quantitative estimate of drug-likeness (QED) is 0.549. The molecule has 0 atom stereocenters.